The number of rotatable bonds is 7. The zero-order valence-electron chi connectivity index (χ0n) is 14.3. The van der Waals surface area contributed by atoms with Crippen LogP contribution in [0.2, 0.25) is 0 Å². The molecule has 0 bridgehead atoms. The van der Waals surface area contributed by atoms with Crippen LogP contribution in [-0.2, 0) is 14.3 Å². The van der Waals surface area contributed by atoms with Gasteiger partial charge in [0.15, 0.2) is 0 Å². The first-order chi connectivity index (χ1) is 11.2. The van der Waals surface area contributed by atoms with Crippen LogP contribution < -0.4 is 5.32 Å². The number of ether oxygens (including phenoxy) is 1. The largest absolute Gasteiger partial charge is 0.483 e. The van der Waals surface area contributed by atoms with Gasteiger partial charge in [-0.2, -0.15) is 0 Å². The first-order valence-corrected chi connectivity index (χ1v) is 8.86. The summed E-state index contributed by atoms with van der Waals surface area (Å²) in [7, 11) is 0. The van der Waals surface area contributed by atoms with Gasteiger partial charge in [-0.05, 0) is 38.1 Å². The minimum atomic E-state index is -0.250. The van der Waals surface area contributed by atoms with E-state index in [1.165, 1.54) is 38.5 Å². The average Bonchev–Trinajstić information content (AvgIpc) is 2.96. The van der Waals surface area contributed by atoms with Gasteiger partial charge in [0, 0.05) is 19.2 Å². The van der Waals surface area contributed by atoms with Crippen molar-refractivity contribution in [2.75, 3.05) is 32.8 Å². The molecule has 1 saturated carbocycles. The Morgan fingerprint density at radius 1 is 1.30 bits per heavy atom. The Morgan fingerprint density at radius 2 is 2.00 bits per heavy atom. The maximum atomic E-state index is 12.1. The van der Waals surface area contributed by atoms with Gasteiger partial charge in [0.05, 0.1) is 13.2 Å². The predicted octanol–water partition coefficient (Wildman–Crippen LogP) is 1.88. The molecule has 1 heterocycles. The van der Waals surface area contributed by atoms with Crippen LogP contribution in [-0.4, -0.2) is 61.3 Å². The van der Waals surface area contributed by atoms with E-state index in [9.17, 15) is 4.79 Å². The molecule has 1 amide bonds. The van der Waals surface area contributed by atoms with Gasteiger partial charge in [-0.15, -0.1) is 0 Å². The van der Waals surface area contributed by atoms with E-state index in [0.29, 0.717) is 18.5 Å². The summed E-state index contributed by atoms with van der Waals surface area (Å²) >= 11 is 0. The molecule has 23 heavy (non-hydrogen) atoms. The standard InChI is InChI=1S/C16H30N2O2.CH2O2/c1-2-10-20-13-14-8-9-18(11-14)12-16(19)17-15-6-4-3-5-7-15;2-1-3/h14-15H,2-13H2,1H3,(H,17,19);1H,(H,2,3). The summed E-state index contributed by atoms with van der Waals surface area (Å²) in [5.74, 6) is 0.830. The van der Waals surface area contributed by atoms with Gasteiger partial charge in [-0.1, -0.05) is 26.2 Å². The van der Waals surface area contributed by atoms with Crippen molar-refractivity contribution in [1.82, 2.24) is 10.2 Å². The van der Waals surface area contributed by atoms with Gasteiger partial charge < -0.3 is 15.2 Å². The van der Waals surface area contributed by atoms with Crippen molar-refractivity contribution < 1.29 is 19.4 Å². The van der Waals surface area contributed by atoms with Gasteiger partial charge in [0.2, 0.25) is 5.91 Å². The third kappa shape index (κ3) is 8.91. The molecule has 0 aromatic carbocycles. The number of likely N-dealkylation sites (tertiary alicyclic amines) is 1. The third-order valence-electron chi connectivity index (χ3n) is 4.41. The van der Waals surface area contributed by atoms with E-state index >= 15 is 0 Å². The molecule has 0 aromatic heterocycles. The molecule has 6 nitrogen and oxygen atoms in total. The number of nitrogens with one attached hydrogen (secondary N) is 1. The maximum Gasteiger partial charge on any atom is 0.290 e. The van der Waals surface area contributed by atoms with Crippen molar-refractivity contribution in [3.8, 4) is 0 Å². The number of nitrogens with zero attached hydrogens (tertiary/aromatic N) is 1. The normalized spacial score (nSPS) is 22.2. The van der Waals surface area contributed by atoms with Gasteiger partial charge in [0.25, 0.3) is 6.47 Å². The van der Waals surface area contributed by atoms with Crippen molar-refractivity contribution in [3.63, 3.8) is 0 Å². The summed E-state index contributed by atoms with van der Waals surface area (Å²) in [5.41, 5.74) is 0. The Labute approximate surface area is 139 Å². The Bertz CT molecular complexity index is 333. The number of hydrogen-bond donors (Lipinski definition) is 2. The van der Waals surface area contributed by atoms with Crippen molar-refractivity contribution in [1.29, 1.82) is 0 Å². The number of carboxylic acid groups (broad SMARTS) is 1. The summed E-state index contributed by atoms with van der Waals surface area (Å²) in [4.78, 5) is 22.7. The van der Waals surface area contributed by atoms with Gasteiger partial charge in [-0.3, -0.25) is 14.5 Å². The summed E-state index contributed by atoms with van der Waals surface area (Å²) in [5, 5.41) is 10.1. The van der Waals surface area contributed by atoms with E-state index < -0.39 is 0 Å². The van der Waals surface area contributed by atoms with Crippen LogP contribution in [0.3, 0.4) is 0 Å². The van der Waals surface area contributed by atoms with Crippen molar-refractivity contribution in [2.45, 2.75) is 57.9 Å². The molecule has 2 aliphatic rings. The lowest BCUT2D eigenvalue weighted by atomic mass is 9.95. The Kier molecular flexibility index (Phi) is 10.6. The molecule has 1 atom stereocenters. The van der Waals surface area contributed by atoms with E-state index in [1.807, 2.05) is 0 Å². The van der Waals surface area contributed by atoms with Crippen LogP contribution in [0.4, 0.5) is 0 Å². The fourth-order valence-corrected chi connectivity index (χ4v) is 3.31. The monoisotopic (exact) mass is 328 g/mol. The highest BCUT2D eigenvalue weighted by atomic mass is 16.5. The quantitative estimate of drug-likeness (QED) is 0.551. The number of carbonyl (C=O) groups is 2. The topological polar surface area (TPSA) is 78.9 Å². The smallest absolute Gasteiger partial charge is 0.290 e. The van der Waals surface area contributed by atoms with Crippen LogP contribution in [0.1, 0.15) is 51.9 Å². The van der Waals surface area contributed by atoms with Gasteiger partial charge in [0.1, 0.15) is 0 Å². The Hall–Kier alpha value is -1.14. The van der Waals surface area contributed by atoms with Crippen LogP contribution >= 0.6 is 0 Å². The first-order valence-electron chi connectivity index (χ1n) is 8.86. The van der Waals surface area contributed by atoms with Gasteiger partial charge in [-0.25, -0.2) is 0 Å². The van der Waals surface area contributed by atoms with Crippen molar-refractivity contribution in [2.24, 2.45) is 5.92 Å². The van der Waals surface area contributed by atoms with E-state index in [2.05, 4.69) is 17.1 Å². The van der Waals surface area contributed by atoms with Crippen LogP contribution in [0, 0.1) is 5.92 Å². The summed E-state index contributed by atoms with van der Waals surface area (Å²) in [6.07, 6.45) is 8.45. The van der Waals surface area contributed by atoms with Crippen LogP contribution in [0.25, 0.3) is 0 Å². The molecule has 1 saturated heterocycles. The molecule has 0 spiro atoms. The molecule has 1 unspecified atom stereocenters. The molecule has 2 rings (SSSR count). The minimum Gasteiger partial charge on any atom is -0.483 e. The molecule has 2 N–H and O–H groups in total. The Balaban J connectivity index is 0.000000816. The Morgan fingerprint density at radius 3 is 2.65 bits per heavy atom. The van der Waals surface area contributed by atoms with Crippen molar-refractivity contribution >= 4 is 12.4 Å². The SMILES string of the molecule is CCCOCC1CCN(CC(=O)NC2CCCCC2)C1.O=CO. The lowest BCUT2D eigenvalue weighted by Gasteiger charge is -2.24. The maximum absolute atomic E-state index is 12.1. The second kappa shape index (κ2) is 12.3. The molecule has 1 aliphatic heterocycles. The summed E-state index contributed by atoms with van der Waals surface area (Å²) in [6, 6.07) is 0.433. The van der Waals surface area contributed by atoms with Gasteiger partial charge >= 0.3 is 0 Å². The number of carbonyl (C=O) groups excluding carboxylic acids is 1. The van der Waals surface area contributed by atoms with E-state index in [0.717, 1.165) is 32.7 Å². The lowest BCUT2D eigenvalue weighted by molar-refractivity contribution is -0.123. The van der Waals surface area contributed by atoms with E-state index in [1.54, 1.807) is 0 Å². The number of amides is 1. The van der Waals surface area contributed by atoms with Crippen LogP contribution in [0.5, 0.6) is 0 Å². The molecule has 0 radical (unpaired) electrons. The zero-order chi connectivity index (χ0) is 16.9. The molecule has 134 valence electrons. The highest BCUT2D eigenvalue weighted by Gasteiger charge is 2.25. The summed E-state index contributed by atoms with van der Waals surface area (Å²) < 4.78 is 5.61. The first kappa shape index (κ1) is 19.9. The predicted molar refractivity (Wildman–Crippen MR) is 89.4 cm³/mol. The second-order valence-electron chi connectivity index (χ2n) is 6.47. The molecule has 6 heteroatoms. The minimum absolute atomic E-state index is 0.215. The lowest BCUT2D eigenvalue weighted by Crippen LogP contribution is -2.42. The van der Waals surface area contributed by atoms with Crippen molar-refractivity contribution in [3.05, 3.63) is 0 Å². The fraction of sp³-hybridized carbons (Fsp3) is 0.882. The zero-order valence-corrected chi connectivity index (χ0v) is 14.3. The van der Waals surface area contributed by atoms with E-state index in [-0.39, 0.29) is 12.4 Å². The van der Waals surface area contributed by atoms with E-state index in [4.69, 9.17) is 14.6 Å². The molecule has 0 aromatic rings. The second-order valence-corrected chi connectivity index (χ2v) is 6.47. The molecule has 2 fully saturated rings. The summed E-state index contributed by atoms with van der Waals surface area (Å²) in [6.45, 7) is 6.23. The molecular weight excluding hydrogens is 296 g/mol. The average molecular weight is 328 g/mol. The molecule has 1 aliphatic carbocycles. The number of hydrogen-bond acceptors (Lipinski definition) is 4. The fourth-order valence-electron chi connectivity index (χ4n) is 3.31. The highest BCUT2D eigenvalue weighted by molar-refractivity contribution is 5.78. The van der Waals surface area contributed by atoms with Crippen LogP contribution in [0.15, 0.2) is 0 Å². The third-order valence-corrected chi connectivity index (χ3v) is 4.41. The highest BCUT2D eigenvalue weighted by Crippen LogP contribution is 2.18. The molecular formula is C17H32N2O4.